The highest BCUT2D eigenvalue weighted by Gasteiger charge is 2.28. The lowest BCUT2D eigenvalue weighted by atomic mass is 10.0. The van der Waals surface area contributed by atoms with Crippen molar-refractivity contribution in [2.75, 3.05) is 69.7 Å². The summed E-state index contributed by atoms with van der Waals surface area (Å²) in [4.78, 5) is 31.8. The number of piperidine rings is 1. The number of aryl methyl sites for hydroxylation is 1. The summed E-state index contributed by atoms with van der Waals surface area (Å²) in [7, 11) is 2.21. The number of nitrogens with two attached hydrogens (primary N) is 1. The lowest BCUT2D eigenvalue weighted by Gasteiger charge is -2.42. The van der Waals surface area contributed by atoms with Gasteiger partial charge in [-0.15, -0.1) is 0 Å². The van der Waals surface area contributed by atoms with Crippen LogP contribution in [-0.2, 0) is 13.0 Å². The second-order valence-corrected chi connectivity index (χ2v) is 12.7. The summed E-state index contributed by atoms with van der Waals surface area (Å²) in [5, 5.41) is 3.30. The second-order valence-electron chi connectivity index (χ2n) is 12.7. The molecule has 4 heterocycles. The average Bonchev–Trinajstić information content (AvgIpc) is 3.51. The third-order valence-electron chi connectivity index (χ3n) is 9.65. The van der Waals surface area contributed by atoms with Gasteiger partial charge in [0.1, 0.15) is 12.3 Å². The minimum Gasteiger partial charge on any atom is -0.475 e. The van der Waals surface area contributed by atoms with Crippen LogP contribution in [0.5, 0.6) is 5.88 Å². The summed E-state index contributed by atoms with van der Waals surface area (Å²) in [5.41, 5.74) is 9.85. The van der Waals surface area contributed by atoms with Gasteiger partial charge < -0.3 is 25.6 Å². The van der Waals surface area contributed by atoms with Gasteiger partial charge in [0.05, 0.1) is 0 Å². The van der Waals surface area contributed by atoms with Gasteiger partial charge >= 0.3 is 0 Å². The van der Waals surface area contributed by atoms with Crippen molar-refractivity contribution in [1.29, 1.82) is 0 Å². The Bertz CT molecular complexity index is 1400. The summed E-state index contributed by atoms with van der Waals surface area (Å²) in [5.74, 6) is 0.162. The number of hydrogen-bond donors (Lipinski definition) is 2. The van der Waals surface area contributed by atoms with Crippen molar-refractivity contribution < 1.29 is 9.53 Å². The van der Waals surface area contributed by atoms with Crippen LogP contribution in [-0.4, -0.2) is 102 Å². The average molecular weight is 613 g/mol. The summed E-state index contributed by atoms with van der Waals surface area (Å²) in [6, 6.07) is 19.9. The number of hydrogen-bond acceptors (Lipinski definition) is 9. The number of amides is 1. The molecule has 3 N–H and O–H groups in total. The zero-order chi connectivity index (χ0) is 31.2. The number of piperazine rings is 1. The Morgan fingerprint density at radius 3 is 2.36 bits per heavy atom. The monoisotopic (exact) mass is 612 g/mol. The van der Waals surface area contributed by atoms with Gasteiger partial charge in [0.25, 0.3) is 5.91 Å². The van der Waals surface area contributed by atoms with Crippen LogP contribution < -0.4 is 20.7 Å². The molecule has 0 spiro atoms. The van der Waals surface area contributed by atoms with Crippen LogP contribution in [0.2, 0.25) is 0 Å². The predicted octanol–water partition coefficient (Wildman–Crippen LogP) is 4.14. The Kier molecular flexibility index (Phi) is 10.1. The Morgan fingerprint density at radius 2 is 1.67 bits per heavy atom. The number of nitrogens with zero attached hydrogens (tertiary/aromatic N) is 6. The Balaban J connectivity index is 1.09. The van der Waals surface area contributed by atoms with E-state index in [1.54, 1.807) is 0 Å². The molecule has 240 valence electrons. The van der Waals surface area contributed by atoms with E-state index >= 15 is 0 Å². The Labute approximate surface area is 267 Å². The number of ether oxygens (including phenoxy) is 1. The number of carbonyl (C=O) groups excluding carboxylic acids is 1. The Morgan fingerprint density at radius 1 is 0.933 bits per heavy atom. The van der Waals surface area contributed by atoms with Gasteiger partial charge in [-0.25, -0.2) is 4.98 Å². The normalized spacial score (nSPS) is 20.4. The minimum absolute atomic E-state index is 0.126. The van der Waals surface area contributed by atoms with Crippen molar-refractivity contribution in [1.82, 2.24) is 24.7 Å². The summed E-state index contributed by atoms with van der Waals surface area (Å²) >= 11 is 0. The first-order valence-corrected chi connectivity index (χ1v) is 16.6. The topological polar surface area (TPSA) is 103 Å². The van der Waals surface area contributed by atoms with Crippen molar-refractivity contribution in [3.63, 3.8) is 0 Å². The lowest BCUT2D eigenvalue weighted by molar-refractivity contribution is 0.0982. The minimum atomic E-state index is -0.615. The van der Waals surface area contributed by atoms with Crippen molar-refractivity contribution in [2.24, 2.45) is 5.73 Å². The number of likely N-dealkylation sites (N-methyl/N-ethyl adjacent to an activating group) is 1. The first kappa shape index (κ1) is 31.3. The molecule has 1 atom stereocenters. The van der Waals surface area contributed by atoms with Crippen molar-refractivity contribution in [2.45, 2.75) is 57.7 Å². The molecule has 3 saturated heterocycles. The lowest BCUT2D eigenvalue weighted by Crippen LogP contribution is -2.52. The van der Waals surface area contributed by atoms with Crippen LogP contribution in [0.1, 0.15) is 54.4 Å². The molecule has 10 heteroatoms. The molecule has 0 unspecified atom stereocenters. The quantitative estimate of drug-likeness (QED) is 0.331. The molecule has 10 nitrogen and oxygen atoms in total. The van der Waals surface area contributed by atoms with E-state index in [0.29, 0.717) is 42.5 Å². The molecule has 0 bridgehead atoms. The highest BCUT2D eigenvalue weighted by Crippen LogP contribution is 2.29. The molecule has 0 saturated carbocycles. The van der Waals surface area contributed by atoms with Crippen LogP contribution in [0.15, 0.2) is 54.6 Å². The number of anilines is 3. The smallest absolute Gasteiger partial charge is 0.271 e. The van der Waals surface area contributed by atoms with Gasteiger partial charge in [0, 0.05) is 69.3 Å². The molecule has 45 heavy (non-hydrogen) atoms. The molecule has 1 amide bonds. The molecule has 0 aliphatic carbocycles. The molecular formula is C35H48N8O2. The third-order valence-corrected chi connectivity index (χ3v) is 9.65. The number of primary amides is 1. The van der Waals surface area contributed by atoms with Crippen LogP contribution >= 0.6 is 0 Å². The van der Waals surface area contributed by atoms with Crippen LogP contribution in [0, 0.1) is 0 Å². The van der Waals surface area contributed by atoms with E-state index in [4.69, 9.17) is 15.5 Å². The van der Waals surface area contributed by atoms with Crippen molar-refractivity contribution in [3.8, 4) is 5.88 Å². The third kappa shape index (κ3) is 7.74. The number of likely N-dealkylation sites (tertiary alicyclic amines) is 1. The maximum Gasteiger partial charge on any atom is 0.271 e. The summed E-state index contributed by atoms with van der Waals surface area (Å²) in [6.45, 7) is 11.3. The van der Waals surface area contributed by atoms with Gasteiger partial charge in [-0.2, -0.15) is 4.98 Å². The van der Waals surface area contributed by atoms with Gasteiger partial charge in [0.15, 0.2) is 11.5 Å². The van der Waals surface area contributed by atoms with E-state index in [-0.39, 0.29) is 5.69 Å². The number of aromatic nitrogens is 2. The van der Waals surface area contributed by atoms with Gasteiger partial charge in [-0.05, 0) is 75.5 Å². The van der Waals surface area contributed by atoms with Crippen molar-refractivity contribution in [3.05, 3.63) is 71.5 Å². The van der Waals surface area contributed by atoms with E-state index in [1.165, 1.54) is 50.3 Å². The van der Waals surface area contributed by atoms with Crippen molar-refractivity contribution >= 4 is 23.1 Å². The number of rotatable bonds is 11. The maximum absolute atomic E-state index is 12.4. The standard InChI is InChI=1S/C35H48N8O2/c1-3-31-35(45-25-30-10-7-17-43(30)24-26-8-5-4-6-9-26)39-34(32(38-31)33(36)44)37-27-11-13-28(14-12-27)41-18-15-29(16-19-41)42-22-20-40(2)21-23-42/h4-6,8-9,11-14,29-30H,3,7,10,15-25H2,1-2H3,(H2,36,44)(H,37,39)/t30-/m0/s1. The summed E-state index contributed by atoms with van der Waals surface area (Å²) in [6.07, 6.45) is 5.19. The Hall–Kier alpha value is -3.73. The summed E-state index contributed by atoms with van der Waals surface area (Å²) < 4.78 is 6.33. The SMILES string of the molecule is CCc1nc(C(N)=O)c(Nc2ccc(N3CCC(N4CCN(C)CC4)CC3)cc2)nc1OC[C@@H]1CCCN1Cc1ccccc1. The molecule has 3 fully saturated rings. The zero-order valence-electron chi connectivity index (χ0n) is 26.8. The van der Waals surface area contributed by atoms with E-state index < -0.39 is 5.91 Å². The van der Waals surface area contributed by atoms with E-state index in [9.17, 15) is 4.79 Å². The number of carbonyl (C=O) groups is 1. The fraction of sp³-hybridized carbons (Fsp3) is 0.514. The largest absolute Gasteiger partial charge is 0.475 e. The number of nitrogens with one attached hydrogen (secondary N) is 1. The predicted molar refractivity (Wildman–Crippen MR) is 179 cm³/mol. The highest BCUT2D eigenvalue weighted by atomic mass is 16.5. The molecule has 0 radical (unpaired) electrons. The maximum atomic E-state index is 12.4. The van der Waals surface area contributed by atoms with E-state index in [2.05, 4.69) is 73.3 Å². The van der Waals surface area contributed by atoms with Crippen LogP contribution in [0.4, 0.5) is 17.2 Å². The first-order valence-electron chi connectivity index (χ1n) is 16.6. The fourth-order valence-electron chi connectivity index (χ4n) is 6.91. The molecule has 6 rings (SSSR count). The van der Waals surface area contributed by atoms with Gasteiger partial charge in [-0.3, -0.25) is 14.6 Å². The first-order chi connectivity index (χ1) is 22.0. The highest BCUT2D eigenvalue weighted by molar-refractivity contribution is 5.96. The van der Waals surface area contributed by atoms with E-state index in [0.717, 1.165) is 44.7 Å². The molecule has 3 aliphatic heterocycles. The van der Waals surface area contributed by atoms with E-state index in [1.807, 2.05) is 25.1 Å². The zero-order valence-corrected chi connectivity index (χ0v) is 26.8. The fourth-order valence-corrected chi connectivity index (χ4v) is 6.91. The van der Waals surface area contributed by atoms with Crippen LogP contribution in [0.3, 0.4) is 0 Å². The van der Waals surface area contributed by atoms with Gasteiger partial charge in [-0.1, -0.05) is 37.3 Å². The molecule has 3 aliphatic rings. The molecular weight excluding hydrogens is 564 g/mol. The number of benzene rings is 2. The molecule has 3 aromatic rings. The second kappa shape index (κ2) is 14.6. The molecule has 1 aromatic heterocycles. The molecule has 2 aromatic carbocycles. The van der Waals surface area contributed by atoms with Gasteiger partial charge in [0.2, 0.25) is 5.88 Å². The van der Waals surface area contributed by atoms with Crippen LogP contribution in [0.25, 0.3) is 0 Å².